The lowest BCUT2D eigenvalue weighted by Crippen LogP contribution is -2.43. The molecule has 22 heavy (non-hydrogen) atoms. The molecule has 1 aromatic carbocycles. The van der Waals surface area contributed by atoms with Gasteiger partial charge in [-0.15, -0.1) is 0 Å². The largest absolute Gasteiger partial charge is 0.480 e. The molecule has 3 rings (SSSR count). The van der Waals surface area contributed by atoms with Gasteiger partial charge in [-0.3, -0.25) is 9.48 Å². The first-order valence-electron chi connectivity index (χ1n) is 7.14. The standard InChI is InChI=1S/C16H17N3O3/c1-11-13(14(20)18-16(7-8-16)15(21)22)9-17-19(11)10-12-5-3-2-4-6-12/h2-6,9H,7-8,10H2,1H3,(H,18,20)(H,21,22). The molecule has 1 aliphatic rings. The second kappa shape index (κ2) is 5.29. The average molecular weight is 299 g/mol. The number of carboxylic acid groups (broad SMARTS) is 1. The maximum Gasteiger partial charge on any atom is 0.329 e. The van der Waals surface area contributed by atoms with Crippen molar-refractivity contribution < 1.29 is 14.7 Å². The zero-order chi connectivity index (χ0) is 15.7. The van der Waals surface area contributed by atoms with Crippen molar-refractivity contribution in [3.8, 4) is 0 Å². The summed E-state index contributed by atoms with van der Waals surface area (Å²) < 4.78 is 1.74. The molecule has 2 aromatic rings. The summed E-state index contributed by atoms with van der Waals surface area (Å²) in [6.45, 7) is 2.38. The summed E-state index contributed by atoms with van der Waals surface area (Å²) in [5.41, 5.74) is 1.15. The van der Waals surface area contributed by atoms with E-state index in [2.05, 4.69) is 10.4 Å². The zero-order valence-corrected chi connectivity index (χ0v) is 12.2. The molecular formula is C16H17N3O3. The van der Waals surface area contributed by atoms with Crippen molar-refractivity contribution in [2.24, 2.45) is 0 Å². The molecular weight excluding hydrogens is 282 g/mol. The zero-order valence-electron chi connectivity index (χ0n) is 12.2. The molecule has 0 spiro atoms. The topological polar surface area (TPSA) is 84.2 Å². The van der Waals surface area contributed by atoms with Crippen molar-refractivity contribution in [3.63, 3.8) is 0 Å². The number of nitrogens with one attached hydrogen (secondary N) is 1. The van der Waals surface area contributed by atoms with Gasteiger partial charge in [0.1, 0.15) is 5.54 Å². The third kappa shape index (κ3) is 2.59. The Labute approximate surface area is 127 Å². The molecule has 1 aliphatic carbocycles. The summed E-state index contributed by atoms with van der Waals surface area (Å²) in [6.07, 6.45) is 2.45. The molecule has 0 saturated heterocycles. The quantitative estimate of drug-likeness (QED) is 0.878. The van der Waals surface area contributed by atoms with Crippen LogP contribution in [0.15, 0.2) is 36.5 Å². The van der Waals surface area contributed by atoms with Crippen molar-refractivity contribution in [1.82, 2.24) is 15.1 Å². The molecule has 1 saturated carbocycles. The Morgan fingerprint density at radius 3 is 2.59 bits per heavy atom. The van der Waals surface area contributed by atoms with Gasteiger partial charge in [-0.1, -0.05) is 30.3 Å². The molecule has 1 heterocycles. The first kappa shape index (κ1) is 14.3. The fraction of sp³-hybridized carbons (Fsp3) is 0.312. The van der Waals surface area contributed by atoms with Gasteiger partial charge in [0.2, 0.25) is 0 Å². The number of amides is 1. The smallest absolute Gasteiger partial charge is 0.329 e. The van der Waals surface area contributed by atoms with Gasteiger partial charge in [-0.2, -0.15) is 5.10 Å². The lowest BCUT2D eigenvalue weighted by atomic mass is 10.2. The number of carbonyl (C=O) groups excluding carboxylic acids is 1. The Bertz CT molecular complexity index is 717. The SMILES string of the molecule is Cc1c(C(=O)NC2(C(=O)O)CC2)cnn1Cc1ccccc1. The summed E-state index contributed by atoms with van der Waals surface area (Å²) >= 11 is 0. The molecule has 2 N–H and O–H groups in total. The lowest BCUT2D eigenvalue weighted by molar-refractivity contribution is -0.140. The highest BCUT2D eigenvalue weighted by Crippen LogP contribution is 2.35. The third-order valence-corrected chi connectivity index (χ3v) is 4.04. The minimum absolute atomic E-state index is 0.378. The summed E-state index contributed by atoms with van der Waals surface area (Å²) in [5.74, 6) is -1.35. The second-order valence-electron chi connectivity index (χ2n) is 5.63. The van der Waals surface area contributed by atoms with Gasteiger partial charge in [0.05, 0.1) is 18.3 Å². The Kier molecular flexibility index (Phi) is 3.44. The second-order valence-corrected chi connectivity index (χ2v) is 5.63. The molecule has 6 nitrogen and oxygen atoms in total. The summed E-state index contributed by atoms with van der Waals surface area (Å²) in [6, 6.07) is 9.82. The van der Waals surface area contributed by atoms with Gasteiger partial charge < -0.3 is 10.4 Å². The van der Waals surface area contributed by atoms with Gasteiger partial charge in [-0.05, 0) is 25.3 Å². The van der Waals surface area contributed by atoms with Crippen LogP contribution in [0, 0.1) is 6.92 Å². The lowest BCUT2D eigenvalue weighted by Gasteiger charge is -2.12. The van der Waals surface area contributed by atoms with E-state index in [1.54, 1.807) is 4.68 Å². The predicted octanol–water partition coefficient (Wildman–Crippen LogP) is 1.59. The van der Waals surface area contributed by atoms with E-state index in [0.29, 0.717) is 24.9 Å². The highest BCUT2D eigenvalue weighted by Gasteiger charge is 2.51. The van der Waals surface area contributed by atoms with Crippen molar-refractivity contribution in [2.45, 2.75) is 31.8 Å². The molecule has 0 atom stereocenters. The van der Waals surface area contributed by atoms with E-state index in [1.807, 2.05) is 37.3 Å². The first-order valence-corrected chi connectivity index (χ1v) is 7.14. The molecule has 0 unspecified atom stereocenters. The van der Waals surface area contributed by atoms with E-state index in [0.717, 1.165) is 11.3 Å². The van der Waals surface area contributed by atoms with Crippen LogP contribution in [-0.4, -0.2) is 32.3 Å². The summed E-state index contributed by atoms with van der Waals surface area (Å²) in [5, 5.41) is 16.0. The number of aliphatic carboxylic acids is 1. The Morgan fingerprint density at radius 2 is 2.00 bits per heavy atom. The van der Waals surface area contributed by atoms with Crippen LogP contribution in [-0.2, 0) is 11.3 Å². The highest BCUT2D eigenvalue weighted by molar-refractivity contribution is 5.99. The van der Waals surface area contributed by atoms with Gasteiger partial charge in [-0.25, -0.2) is 4.79 Å². The van der Waals surface area contributed by atoms with E-state index < -0.39 is 11.5 Å². The van der Waals surface area contributed by atoms with Crippen LogP contribution in [0.2, 0.25) is 0 Å². The third-order valence-electron chi connectivity index (χ3n) is 4.04. The van der Waals surface area contributed by atoms with E-state index >= 15 is 0 Å². The van der Waals surface area contributed by atoms with Gasteiger partial charge in [0.25, 0.3) is 5.91 Å². The number of carbonyl (C=O) groups is 2. The van der Waals surface area contributed by atoms with Gasteiger partial charge in [0, 0.05) is 5.69 Å². The molecule has 0 aliphatic heterocycles. The molecule has 0 bridgehead atoms. The van der Waals surface area contributed by atoms with Crippen LogP contribution in [0.5, 0.6) is 0 Å². The Balaban J connectivity index is 1.76. The number of benzene rings is 1. The van der Waals surface area contributed by atoms with E-state index in [-0.39, 0.29) is 5.91 Å². The Hall–Kier alpha value is -2.63. The monoisotopic (exact) mass is 299 g/mol. The molecule has 114 valence electrons. The fourth-order valence-electron chi connectivity index (χ4n) is 2.39. The maximum absolute atomic E-state index is 12.3. The van der Waals surface area contributed by atoms with E-state index in [1.165, 1.54) is 6.20 Å². The van der Waals surface area contributed by atoms with Gasteiger partial charge in [0.15, 0.2) is 0 Å². The van der Waals surface area contributed by atoms with Crippen LogP contribution < -0.4 is 5.32 Å². The van der Waals surface area contributed by atoms with Crippen molar-refractivity contribution in [3.05, 3.63) is 53.3 Å². The minimum Gasteiger partial charge on any atom is -0.480 e. The maximum atomic E-state index is 12.3. The highest BCUT2D eigenvalue weighted by atomic mass is 16.4. The molecule has 1 aromatic heterocycles. The fourth-order valence-corrected chi connectivity index (χ4v) is 2.39. The van der Waals surface area contributed by atoms with Crippen LogP contribution in [0.1, 0.15) is 34.5 Å². The van der Waals surface area contributed by atoms with Crippen molar-refractivity contribution in [1.29, 1.82) is 0 Å². The van der Waals surface area contributed by atoms with Gasteiger partial charge >= 0.3 is 5.97 Å². The first-order chi connectivity index (χ1) is 10.5. The summed E-state index contributed by atoms with van der Waals surface area (Å²) in [7, 11) is 0. The normalized spacial score (nSPS) is 15.3. The number of rotatable bonds is 5. The average Bonchev–Trinajstić information content (AvgIpc) is 3.20. The number of aromatic nitrogens is 2. The van der Waals surface area contributed by atoms with Crippen LogP contribution >= 0.6 is 0 Å². The van der Waals surface area contributed by atoms with Crippen LogP contribution in [0.3, 0.4) is 0 Å². The minimum atomic E-state index is -1.08. The molecule has 1 amide bonds. The molecule has 6 heteroatoms. The van der Waals surface area contributed by atoms with E-state index in [4.69, 9.17) is 5.11 Å². The number of hydrogen-bond donors (Lipinski definition) is 2. The van der Waals surface area contributed by atoms with Crippen LogP contribution in [0.25, 0.3) is 0 Å². The molecule has 1 fully saturated rings. The number of hydrogen-bond acceptors (Lipinski definition) is 3. The van der Waals surface area contributed by atoms with Crippen molar-refractivity contribution >= 4 is 11.9 Å². The van der Waals surface area contributed by atoms with E-state index in [9.17, 15) is 9.59 Å². The predicted molar refractivity (Wildman–Crippen MR) is 79.6 cm³/mol. The Morgan fingerprint density at radius 1 is 1.32 bits per heavy atom. The number of nitrogens with zero attached hydrogens (tertiary/aromatic N) is 2. The van der Waals surface area contributed by atoms with Crippen LogP contribution in [0.4, 0.5) is 0 Å². The molecule has 0 radical (unpaired) electrons. The summed E-state index contributed by atoms with van der Waals surface area (Å²) in [4.78, 5) is 23.4. The number of carboxylic acids is 1. The van der Waals surface area contributed by atoms with Crippen molar-refractivity contribution in [2.75, 3.05) is 0 Å².